The normalized spacial score (nSPS) is 19.1. The fourth-order valence-electron chi connectivity index (χ4n) is 3.73. The lowest BCUT2D eigenvalue weighted by Crippen LogP contribution is -2.47. The summed E-state index contributed by atoms with van der Waals surface area (Å²) in [5.74, 6) is 0.599. The van der Waals surface area contributed by atoms with Crippen molar-refractivity contribution < 1.29 is 24.2 Å². The number of carbonyl (C=O) groups excluding carboxylic acids is 1. The van der Waals surface area contributed by atoms with Gasteiger partial charge in [0, 0.05) is 11.6 Å². The molecule has 154 valence electrons. The number of amides is 2. The quantitative estimate of drug-likeness (QED) is 0.749. The van der Waals surface area contributed by atoms with Crippen molar-refractivity contribution in [2.45, 2.75) is 44.9 Å². The highest BCUT2D eigenvalue weighted by Gasteiger charge is 2.36. The van der Waals surface area contributed by atoms with Crippen LogP contribution in [-0.4, -0.2) is 30.4 Å². The number of carboxylic acid groups (broad SMARTS) is 1. The minimum absolute atomic E-state index is 0.245. The van der Waals surface area contributed by atoms with Crippen molar-refractivity contribution in [3.8, 4) is 5.75 Å². The fraction of sp³-hybridized carbons (Fsp3) is 0.364. The summed E-state index contributed by atoms with van der Waals surface area (Å²) in [6, 6.07) is 14.1. The Morgan fingerprint density at radius 2 is 1.97 bits per heavy atom. The number of anilines is 1. The summed E-state index contributed by atoms with van der Waals surface area (Å²) in [5, 5.41) is 12.6. The van der Waals surface area contributed by atoms with E-state index >= 15 is 0 Å². The summed E-state index contributed by atoms with van der Waals surface area (Å²) in [6.45, 7) is 3.75. The Morgan fingerprint density at radius 1 is 1.24 bits per heavy atom. The Morgan fingerprint density at radius 3 is 2.59 bits per heavy atom. The minimum atomic E-state index is -1.01. The molecule has 1 aliphatic heterocycles. The topological polar surface area (TPSA) is 88.1 Å². The zero-order valence-electron chi connectivity index (χ0n) is 16.8. The second-order valence-electron chi connectivity index (χ2n) is 7.03. The number of ether oxygens (including phenoxy) is 2. The van der Waals surface area contributed by atoms with E-state index in [1.807, 2.05) is 44.2 Å². The number of fused-ring (bicyclic) bond motifs is 1. The first kappa shape index (κ1) is 20.5. The molecule has 2 unspecified atom stereocenters. The van der Waals surface area contributed by atoms with Crippen LogP contribution in [0.5, 0.6) is 5.75 Å². The van der Waals surface area contributed by atoms with Gasteiger partial charge >= 0.3 is 12.2 Å². The monoisotopic (exact) mass is 398 g/mol. The molecular weight excluding hydrogens is 372 g/mol. The van der Waals surface area contributed by atoms with Crippen molar-refractivity contribution in [2.75, 3.05) is 12.0 Å². The molecule has 3 rings (SSSR count). The van der Waals surface area contributed by atoms with Gasteiger partial charge in [-0.3, -0.25) is 4.90 Å². The van der Waals surface area contributed by atoms with Crippen LogP contribution in [0.4, 0.5) is 15.3 Å². The van der Waals surface area contributed by atoms with E-state index in [0.717, 1.165) is 5.56 Å². The Labute approximate surface area is 170 Å². The Balaban J connectivity index is 1.83. The molecule has 3 atom stereocenters. The van der Waals surface area contributed by atoms with Gasteiger partial charge in [-0.15, -0.1) is 0 Å². The number of methoxy groups -OCH3 is 1. The molecule has 7 nitrogen and oxygen atoms in total. The first-order valence-corrected chi connectivity index (χ1v) is 9.66. The fourth-order valence-corrected chi connectivity index (χ4v) is 3.73. The van der Waals surface area contributed by atoms with Gasteiger partial charge in [0.15, 0.2) is 0 Å². The van der Waals surface area contributed by atoms with Crippen LogP contribution in [-0.2, 0) is 4.74 Å². The van der Waals surface area contributed by atoms with E-state index < -0.39 is 18.3 Å². The predicted molar refractivity (Wildman–Crippen MR) is 109 cm³/mol. The summed E-state index contributed by atoms with van der Waals surface area (Å²) in [7, 11) is 1.55. The van der Waals surface area contributed by atoms with Crippen LogP contribution in [0.3, 0.4) is 0 Å². The van der Waals surface area contributed by atoms with E-state index in [1.54, 1.807) is 25.3 Å². The molecule has 1 aliphatic rings. The van der Waals surface area contributed by atoms with Gasteiger partial charge in [-0.2, -0.15) is 0 Å². The maximum absolute atomic E-state index is 12.6. The number of hydrogen-bond donors (Lipinski definition) is 2. The number of benzene rings is 2. The van der Waals surface area contributed by atoms with E-state index in [-0.39, 0.29) is 12.1 Å². The Bertz CT molecular complexity index is 871. The number of alkyl carbamates (subject to hydrolysis) is 1. The number of carbonyl (C=O) groups is 2. The molecule has 7 heteroatoms. The third-order valence-electron chi connectivity index (χ3n) is 5.26. The molecule has 0 saturated heterocycles. The first-order chi connectivity index (χ1) is 13.9. The lowest BCUT2D eigenvalue weighted by Gasteiger charge is -2.39. The first-order valence-electron chi connectivity index (χ1n) is 9.66. The van der Waals surface area contributed by atoms with Gasteiger partial charge in [-0.1, -0.05) is 37.3 Å². The van der Waals surface area contributed by atoms with E-state index in [4.69, 9.17) is 9.47 Å². The lowest BCUT2D eigenvalue weighted by molar-refractivity contribution is 0.102. The SMILES string of the molecule is CCC1CC(NC(=O)O[C@@H](C)c2ccccc2)c2cc(OC)ccc2N1C(=O)O. The zero-order chi connectivity index (χ0) is 21.0. The van der Waals surface area contributed by atoms with Crippen molar-refractivity contribution in [1.29, 1.82) is 0 Å². The molecular formula is C22H26N2O5. The summed E-state index contributed by atoms with van der Waals surface area (Å²) < 4.78 is 10.8. The van der Waals surface area contributed by atoms with Crippen molar-refractivity contribution >= 4 is 17.9 Å². The number of nitrogens with one attached hydrogen (secondary N) is 1. The number of rotatable bonds is 5. The number of hydrogen-bond acceptors (Lipinski definition) is 4. The molecule has 29 heavy (non-hydrogen) atoms. The van der Waals surface area contributed by atoms with Crippen molar-refractivity contribution in [1.82, 2.24) is 5.32 Å². The standard InChI is InChI=1S/C22H26N2O5/c1-4-16-12-19(23-21(25)29-14(2)15-8-6-5-7-9-15)18-13-17(28-3)10-11-20(18)24(16)22(26)27/h5-11,13-14,16,19H,4,12H2,1-3H3,(H,23,25)(H,26,27)/t14-,16?,19?/m0/s1. The molecule has 0 aromatic heterocycles. The molecule has 0 fully saturated rings. The molecule has 2 amide bonds. The molecule has 2 aromatic carbocycles. The second-order valence-corrected chi connectivity index (χ2v) is 7.03. The van der Waals surface area contributed by atoms with E-state index in [1.165, 1.54) is 4.90 Å². The molecule has 0 radical (unpaired) electrons. The summed E-state index contributed by atoms with van der Waals surface area (Å²) in [6.07, 6.45) is -0.869. The van der Waals surface area contributed by atoms with Crippen LogP contribution in [0, 0.1) is 0 Å². The highest BCUT2D eigenvalue weighted by Crippen LogP contribution is 2.40. The number of nitrogens with zero attached hydrogens (tertiary/aromatic N) is 1. The van der Waals surface area contributed by atoms with Gasteiger partial charge in [-0.25, -0.2) is 9.59 Å². The highest BCUT2D eigenvalue weighted by atomic mass is 16.6. The van der Waals surface area contributed by atoms with E-state index in [9.17, 15) is 14.7 Å². The maximum Gasteiger partial charge on any atom is 0.412 e. The average molecular weight is 398 g/mol. The third-order valence-corrected chi connectivity index (χ3v) is 5.26. The second kappa shape index (κ2) is 8.86. The van der Waals surface area contributed by atoms with Crippen LogP contribution < -0.4 is 15.0 Å². The summed E-state index contributed by atoms with van der Waals surface area (Å²) in [4.78, 5) is 25.8. The van der Waals surface area contributed by atoms with Crippen LogP contribution >= 0.6 is 0 Å². The van der Waals surface area contributed by atoms with Crippen LogP contribution in [0.15, 0.2) is 48.5 Å². The molecule has 0 bridgehead atoms. The van der Waals surface area contributed by atoms with E-state index in [2.05, 4.69) is 5.32 Å². The van der Waals surface area contributed by atoms with Gasteiger partial charge in [0.25, 0.3) is 0 Å². The average Bonchev–Trinajstić information content (AvgIpc) is 2.73. The van der Waals surface area contributed by atoms with E-state index in [0.29, 0.717) is 29.8 Å². The predicted octanol–water partition coefficient (Wildman–Crippen LogP) is 4.89. The maximum atomic E-state index is 12.6. The lowest BCUT2D eigenvalue weighted by atomic mass is 9.90. The molecule has 0 saturated carbocycles. The molecule has 0 aliphatic carbocycles. The Kier molecular flexibility index (Phi) is 6.26. The minimum Gasteiger partial charge on any atom is -0.497 e. The van der Waals surface area contributed by atoms with Crippen LogP contribution in [0.25, 0.3) is 0 Å². The van der Waals surface area contributed by atoms with Crippen LogP contribution in [0.1, 0.15) is 50.0 Å². The molecule has 1 heterocycles. The summed E-state index contributed by atoms with van der Waals surface area (Å²) in [5.41, 5.74) is 2.15. The smallest absolute Gasteiger partial charge is 0.412 e. The van der Waals surface area contributed by atoms with Gasteiger partial charge < -0.3 is 19.9 Å². The van der Waals surface area contributed by atoms with Crippen molar-refractivity contribution in [2.24, 2.45) is 0 Å². The molecule has 0 spiro atoms. The Hall–Kier alpha value is -3.22. The van der Waals surface area contributed by atoms with Crippen LogP contribution in [0.2, 0.25) is 0 Å². The largest absolute Gasteiger partial charge is 0.497 e. The van der Waals surface area contributed by atoms with Crippen molar-refractivity contribution in [3.63, 3.8) is 0 Å². The summed E-state index contributed by atoms with van der Waals surface area (Å²) >= 11 is 0. The van der Waals surface area contributed by atoms with Gasteiger partial charge in [-0.05, 0) is 43.5 Å². The highest BCUT2D eigenvalue weighted by molar-refractivity contribution is 5.89. The van der Waals surface area contributed by atoms with Gasteiger partial charge in [0.05, 0.1) is 18.8 Å². The molecule has 2 N–H and O–H groups in total. The molecule has 2 aromatic rings. The zero-order valence-corrected chi connectivity index (χ0v) is 16.8. The van der Waals surface area contributed by atoms with Crippen molar-refractivity contribution in [3.05, 3.63) is 59.7 Å². The van der Waals surface area contributed by atoms with Gasteiger partial charge in [0.1, 0.15) is 11.9 Å². The van der Waals surface area contributed by atoms with Gasteiger partial charge in [0.2, 0.25) is 0 Å². The third kappa shape index (κ3) is 4.45.